The largest absolute Gasteiger partial charge is 0.463 e. The van der Waals surface area contributed by atoms with Crippen molar-refractivity contribution in [1.82, 2.24) is 9.80 Å². The number of hydrogen-bond donors (Lipinski definition) is 0. The number of fused-ring (bicyclic) bond motifs is 6. The number of likely N-dealkylation sites (N-methyl/N-ethyl adjacent to an activating group) is 1. The standard InChI is InChI=1S/C24H32O4S.C13H20N2O3S/c1-14(25)29-19-13-15-12-16(26)4-8-22(15,2)17-5-9-23(3)18(21(17)19)6-10-24(23)11-7-20(27)28-24;1-3-18-11(16)9-10-14(2)12(17)13(19-10)15-7-5-4-6-8-15/h12,17-19,21H,4-11,13H2,1-3H3;9,13H,3-8H2,1-2H3/b;10-9-/t17-,18-,19+,21+,22-,23-,24+;/m0./s1. The van der Waals surface area contributed by atoms with Crippen LogP contribution in [0.25, 0.3) is 0 Å². The van der Waals surface area contributed by atoms with Crippen LogP contribution >= 0.6 is 23.5 Å². The van der Waals surface area contributed by atoms with Crippen molar-refractivity contribution in [3.63, 3.8) is 0 Å². The molecule has 4 aliphatic carbocycles. The number of nitrogens with zero attached hydrogens (tertiary/aromatic N) is 2. The third kappa shape index (κ3) is 6.34. The highest BCUT2D eigenvalue weighted by molar-refractivity contribution is 8.14. The van der Waals surface area contributed by atoms with Crippen LogP contribution in [0, 0.1) is 28.6 Å². The smallest absolute Gasteiger partial charge is 0.333 e. The number of carbonyl (C=O) groups is 5. The summed E-state index contributed by atoms with van der Waals surface area (Å²) >= 11 is 2.95. The summed E-state index contributed by atoms with van der Waals surface area (Å²) in [6.45, 7) is 10.5. The lowest BCUT2D eigenvalue weighted by atomic mass is 9.46. The van der Waals surface area contributed by atoms with Crippen molar-refractivity contribution in [1.29, 1.82) is 0 Å². The lowest BCUT2D eigenvalue weighted by molar-refractivity contribution is -0.167. The van der Waals surface area contributed by atoms with E-state index in [-0.39, 0.29) is 55.8 Å². The summed E-state index contributed by atoms with van der Waals surface area (Å²) < 4.78 is 10.9. The van der Waals surface area contributed by atoms with Crippen molar-refractivity contribution in [2.45, 2.75) is 121 Å². The Bertz CT molecular complexity index is 1410. The first-order valence-corrected chi connectivity index (χ1v) is 19.8. The summed E-state index contributed by atoms with van der Waals surface area (Å²) in [5, 5.41) is 0.914. The molecule has 1 unspecified atom stereocenters. The zero-order valence-corrected chi connectivity index (χ0v) is 30.8. The first-order chi connectivity index (χ1) is 22.8. The van der Waals surface area contributed by atoms with Gasteiger partial charge in [-0.05, 0) is 107 Å². The molecule has 0 N–H and O–H groups in total. The van der Waals surface area contributed by atoms with E-state index >= 15 is 0 Å². The van der Waals surface area contributed by atoms with Crippen LogP contribution in [-0.2, 0) is 33.4 Å². The summed E-state index contributed by atoms with van der Waals surface area (Å²) in [6, 6.07) is 0. The van der Waals surface area contributed by atoms with E-state index in [1.807, 2.05) is 6.08 Å². The first-order valence-electron chi connectivity index (χ1n) is 18.0. The fraction of sp³-hybridized carbons (Fsp3) is 0.757. The van der Waals surface area contributed by atoms with Crippen LogP contribution < -0.4 is 0 Å². The summed E-state index contributed by atoms with van der Waals surface area (Å²) in [5.41, 5.74) is 1.09. The fourth-order valence-electron chi connectivity index (χ4n) is 10.4. The van der Waals surface area contributed by atoms with Gasteiger partial charge in [-0.3, -0.25) is 24.1 Å². The van der Waals surface area contributed by atoms with Crippen molar-refractivity contribution in [3.8, 4) is 0 Å². The summed E-state index contributed by atoms with van der Waals surface area (Å²) in [6.07, 6.45) is 15.0. The fourth-order valence-corrected chi connectivity index (χ4v) is 12.9. The molecule has 48 heavy (non-hydrogen) atoms. The quantitative estimate of drug-likeness (QED) is 0.246. The molecule has 0 aromatic carbocycles. The van der Waals surface area contributed by atoms with E-state index in [1.54, 1.807) is 25.8 Å². The summed E-state index contributed by atoms with van der Waals surface area (Å²) in [4.78, 5) is 63.9. The second kappa shape index (κ2) is 13.9. The van der Waals surface area contributed by atoms with Gasteiger partial charge in [0.25, 0.3) is 5.91 Å². The van der Waals surface area contributed by atoms with Crippen molar-refractivity contribution in [2.24, 2.45) is 28.6 Å². The number of piperidine rings is 1. The average molecular weight is 701 g/mol. The van der Waals surface area contributed by atoms with E-state index in [0.29, 0.717) is 42.2 Å². The van der Waals surface area contributed by atoms with Crippen LogP contribution in [0.2, 0.25) is 0 Å². The van der Waals surface area contributed by atoms with Crippen LogP contribution in [0.1, 0.15) is 105 Å². The van der Waals surface area contributed by atoms with E-state index in [4.69, 9.17) is 9.47 Å². The topological polar surface area (TPSA) is 110 Å². The molecule has 0 bridgehead atoms. The minimum atomic E-state index is -0.385. The van der Waals surface area contributed by atoms with Crippen molar-refractivity contribution >= 4 is 52.3 Å². The molecule has 1 spiro atoms. The normalized spacial score (nSPS) is 40.1. The molecule has 3 saturated carbocycles. The van der Waals surface area contributed by atoms with Crippen LogP contribution in [0.5, 0.6) is 0 Å². The Morgan fingerprint density at radius 1 is 1.04 bits per heavy atom. The molecule has 1 amide bonds. The Hall–Kier alpha value is -2.11. The number of amides is 1. The first kappa shape index (κ1) is 35.7. The lowest BCUT2D eigenvalue weighted by Crippen LogP contribution is -2.57. The van der Waals surface area contributed by atoms with Crippen LogP contribution in [0.3, 0.4) is 0 Å². The minimum absolute atomic E-state index is 0.0119. The second-order valence-electron chi connectivity index (χ2n) is 15.4. The monoisotopic (exact) mass is 700 g/mol. The molecule has 3 heterocycles. The predicted octanol–water partition coefficient (Wildman–Crippen LogP) is 6.26. The number of allylic oxidation sites excluding steroid dienone is 1. The van der Waals surface area contributed by atoms with Gasteiger partial charge in [-0.25, -0.2) is 4.79 Å². The highest BCUT2D eigenvalue weighted by Crippen LogP contribution is 2.70. The van der Waals surface area contributed by atoms with Gasteiger partial charge in [0.2, 0.25) is 0 Å². The van der Waals surface area contributed by atoms with Crippen LogP contribution in [-0.4, -0.2) is 81.5 Å². The molecule has 3 aliphatic heterocycles. The lowest BCUT2D eigenvalue weighted by Gasteiger charge is -2.61. The van der Waals surface area contributed by atoms with Crippen LogP contribution in [0.15, 0.2) is 22.8 Å². The number of likely N-dealkylation sites (tertiary alicyclic amines) is 1. The minimum Gasteiger partial charge on any atom is -0.463 e. The number of ether oxygens (including phenoxy) is 2. The van der Waals surface area contributed by atoms with E-state index in [2.05, 4.69) is 18.7 Å². The number of carbonyl (C=O) groups excluding carboxylic acids is 5. The number of ketones is 1. The van der Waals surface area contributed by atoms with E-state index in [0.717, 1.165) is 70.9 Å². The Morgan fingerprint density at radius 2 is 1.77 bits per heavy atom. The molecule has 7 aliphatic rings. The number of rotatable bonds is 4. The number of thioether (sulfide) groups is 2. The maximum absolute atomic E-state index is 12.2. The highest BCUT2D eigenvalue weighted by atomic mass is 32.2. The zero-order valence-electron chi connectivity index (χ0n) is 29.2. The SMILES string of the molecule is CC(=O)S[C@@H]1CC2=CC(=O)CC[C@]2(C)[C@H]2CC[C@@]3(C)[C@@H](CC[C@@]34CCC(=O)O4)[C@H]12.CCOC(=O)/C=C1\SC(N2CCCCC2)C(=O)N1C. The van der Waals surface area contributed by atoms with E-state index in [1.165, 1.54) is 41.6 Å². The van der Waals surface area contributed by atoms with Gasteiger partial charge in [0, 0.05) is 37.5 Å². The zero-order chi connectivity index (χ0) is 34.4. The van der Waals surface area contributed by atoms with Gasteiger partial charge in [0.05, 0.1) is 17.7 Å². The molecule has 6 fully saturated rings. The van der Waals surface area contributed by atoms with Crippen molar-refractivity contribution in [2.75, 3.05) is 26.7 Å². The molecule has 0 aromatic rings. The van der Waals surface area contributed by atoms with Crippen LogP contribution in [0.4, 0.5) is 0 Å². The third-order valence-corrected chi connectivity index (χ3v) is 15.4. The second-order valence-corrected chi connectivity index (χ2v) is 17.9. The molecule has 8 atom stereocenters. The van der Waals surface area contributed by atoms with Gasteiger partial charge in [-0.2, -0.15) is 0 Å². The van der Waals surface area contributed by atoms with Crippen molar-refractivity contribution in [3.05, 3.63) is 22.8 Å². The molecule has 264 valence electrons. The highest BCUT2D eigenvalue weighted by Gasteiger charge is 2.68. The summed E-state index contributed by atoms with van der Waals surface area (Å²) in [5.74, 6) is 1.34. The van der Waals surface area contributed by atoms with Gasteiger partial charge < -0.3 is 14.4 Å². The molecule has 0 aromatic heterocycles. The molecule has 11 heteroatoms. The molecular formula is C37H52N2O7S2. The van der Waals surface area contributed by atoms with Gasteiger partial charge in [0.15, 0.2) is 10.9 Å². The van der Waals surface area contributed by atoms with Gasteiger partial charge in [-0.15, -0.1) is 0 Å². The molecule has 3 saturated heterocycles. The Kier molecular flexibility index (Phi) is 10.3. The molecule has 0 radical (unpaired) electrons. The van der Waals surface area contributed by atoms with Crippen molar-refractivity contribution < 1.29 is 33.4 Å². The number of hydrogen-bond acceptors (Lipinski definition) is 10. The maximum Gasteiger partial charge on any atom is 0.333 e. The van der Waals surface area contributed by atoms with Gasteiger partial charge in [0.1, 0.15) is 11.0 Å². The molecule has 7 rings (SSSR count). The summed E-state index contributed by atoms with van der Waals surface area (Å²) in [7, 11) is 1.71. The average Bonchev–Trinajstić information content (AvgIpc) is 3.67. The Labute approximate surface area is 293 Å². The maximum atomic E-state index is 12.2. The third-order valence-electron chi connectivity index (χ3n) is 13.0. The molecule has 9 nitrogen and oxygen atoms in total. The molecular weight excluding hydrogens is 649 g/mol. The van der Waals surface area contributed by atoms with Gasteiger partial charge in [-0.1, -0.05) is 49.4 Å². The van der Waals surface area contributed by atoms with E-state index in [9.17, 15) is 24.0 Å². The Balaban J connectivity index is 0.000000184. The van der Waals surface area contributed by atoms with Gasteiger partial charge >= 0.3 is 11.9 Å². The Morgan fingerprint density at radius 3 is 2.44 bits per heavy atom. The number of esters is 2. The van der Waals surface area contributed by atoms with E-state index < -0.39 is 0 Å². The predicted molar refractivity (Wildman–Crippen MR) is 186 cm³/mol.